The molecule has 1 N–H and O–H groups in total. The van der Waals surface area contributed by atoms with Crippen LogP contribution in [-0.2, 0) is 49.0 Å². The number of fused-ring (bicyclic) bond motifs is 2. The van der Waals surface area contributed by atoms with Crippen LogP contribution in [0.5, 0.6) is 5.75 Å². The normalized spacial score (nSPS) is 16.6. The summed E-state index contributed by atoms with van der Waals surface area (Å²) < 4.78 is 29.6. The molecular formula is C56H70BrN3O9S3. The second-order valence-electron chi connectivity index (χ2n) is 18.5. The van der Waals surface area contributed by atoms with Crippen molar-refractivity contribution in [2.45, 2.75) is 102 Å². The molecule has 0 spiro atoms. The molecule has 3 aliphatic rings. The number of esters is 4. The molecule has 6 rings (SSSR count). The maximum atomic E-state index is 12.9. The fourth-order valence-corrected chi connectivity index (χ4v) is 11.2. The van der Waals surface area contributed by atoms with Crippen LogP contribution in [0.4, 0.5) is 17.1 Å². The number of ether oxygens (including phenoxy) is 5. The van der Waals surface area contributed by atoms with Gasteiger partial charge in [-0.25, -0.2) is 0 Å². The molecule has 2 heterocycles. The predicted octanol–water partition coefficient (Wildman–Crippen LogP) is 8.67. The van der Waals surface area contributed by atoms with E-state index in [2.05, 4.69) is 122 Å². The van der Waals surface area contributed by atoms with Crippen molar-refractivity contribution < 1.29 is 64.4 Å². The Morgan fingerprint density at radius 2 is 1.42 bits per heavy atom. The second-order valence-corrected chi connectivity index (χ2v) is 21.6. The first kappa shape index (κ1) is 58.0. The largest absolute Gasteiger partial charge is 1.00 e. The maximum Gasteiger partial charge on any atom is 0.315 e. The van der Waals surface area contributed by atoms with Gasteiger partial charge in [0.15, 0.2) is 12.3 Å². The molecule has 0 aromatic heterocycles. The van der Waals surface area contributed by atoms with E-state index in [9.17, 15) is 19.2 Å². The SMILES string of the molecule is CSCCCNc1ccc(OC2=C(/C=C/C3=[N+](CCC(=O)OCOC(C)=O)c4ccccc4C3(C)C)CCC/C2=C\C=C2N(CCC(=O)OCOC(C)=O)c3ccccc3C2(C)C)cc1SCCCSC.[Br-]. The van der Waals surface area contributed by atoms with Crippen LogP contribution in [0.3, 0.4) is 0 Å². The van der Waals surface area contributed by atoms with Gasteiger partial charge in [0.05, 0.1) is 11.8 Å². The Morgan fingerprint density at radius 3 is 2.12 bits per heavy atom. The van der Waals surface area contributed by atoms with Crippen LogP contribution < -0.4 is 31.9 Å². The van der Waals surface area contributed by atoms with E-state index in [1.165, 1.54) is 13.8 Å². The van der Waals surface area contributed by atoms with Gasteiger partial charge < -0.3 is 50.9 Å². The third-order valence-electron chi connectivity index (χ3n) is 12.8. The number of allylic oxidation sites excluding steroid dienone is 7. The van der Waals surface area contributed by atoms with Crippen molar-refractivity contribution in [2.24, 2.45) is 0 Å². The van der Waals surface area contributed by atoms with Crippen molar-refractivity contribution in [3.63, 3.8) is 0 Å². The summed E-state index contributed by atoms with van der Waals surface area (Å²) in [6.45, 7) is 12.2. The quantitative estimate of drug-likeness (QED) is 0.0285. The summed E-state index contributed by atoms with van der Waals surface area (Å²) in [6, 6.07) is 22.9. The van der Waals surface area contributed by atoms with Crippen LogP contribution in [0.25, 0.3) is 0 Å². The van der Waals surface area contributed by atoms with Crippen molar-refractivity contribution in [1.82, 2.24) is 0 Å². The molecule has 0 bridgehead atoms. The molecule has 0 saturated carbocycles. The van der Waals surface area contributed by atoms with E-state index in [4.69, 9.17) is 23.7 Å². The summed E-state index contributed by atoms with van der Waals surface area (Å²) >= 11 is 5.57. The molecule has 16 heteroatoms. The van der Waals surface area contributed by atoms with Crippen molar-refractivity contribution in [3.8, 4) is 5.75 Å². The highest BCUT2D eigenvalue weighted by atomic mass is 79.9. The Labute approximate surface area is 449 Å². The van der Waals surface area contributed by atoms with E-state index in [0.29, 0.717) is 13.1 Å². The highest BCUT2D eigenvalue weighted by Gasteiger charge is 2.44. The summed E-state index contributed by atoms with van der Waals surface area (Å²) in [7, 11) is 0. The van der Waals surface area contributed by atoms with Gasteiger partial charge >= 0.3 is 23.9 Å². The zero-order valence-electron chi connectivity index (χ0n) is 42.9. The Hall–Kier alpha value is -4.90. The smallest absolute Gasteiger partial charge is 0.315 e. The highest BCUT2D eigenvalue weighted by molar-refractivity contribution is 8.00. The van der Waals surface area contributed by atoms with Gasteiger partial charge in [0.2, 0.25) is 19.3 Å². The van der Waals surface area contributed by atoms with E-state index in [1.807, 2.05) is 59.6 Å². The van der Waals surface area contributed by atoms with Crippen LogP contribution in [0.2, 0.25) is 0 Å². The number of benzene rings is 3. The van der Waals surface area contributed by atoms with Gasteiger partial charge in [-0.3, -0.25) is 19.2 Å². The first-order valence-electron chi connectivity index (χ1n) is 24.3. The topological polar surface area (TPSA) is 133 Å². The molecule has 3 aromatic carbocycles. The molecule has 12 nitrogen and oxygen atoms in total. The van der Waals surface area contributed by atoms with E-state index >= 15 is 0 Å². The lowest BCUT2D eigenvalue weighted by Gasteiger charge is -2.27. The number of hydrogen-bond donors (Lipinski definition) is 1. The fourth-order valence-electron chi connectivity index (χ4n) is 9.16. The molecule has 388 valence electrons. The second kappa shape index (κ2) is 28.0. The minimum absolute atomic E-state index is 0. The van der Waals surface area contributed by atoms with Gasteiger partial charge in [0, 0.05) is 72.0 Å². The summed E-state index contributed by atoms with van der Waals surface area (Å²) in [6.07, 6.45) is 17.8. The number of carbonyl (C=O) groups is 4. The number of carbonyl (C=O) groups excluding carboxylic acids is 4. The molecule has 3 aromatic rings. The Morgan fingerprint density at radius 1 is 0.750 bits per heavy atom. The number of rotatable bonds is 25. The van der Waals surface area contributed by atoms with Gasteiger partial charge in [-0.2, -0.15) is 28.1 Å². The number of nitrogens with zero attached hydrogens (tertiary/aromatic N) is 2. The predicted molar refractivity (Wildman–Crippen MR) is 289 cm³/mol. The number of anilines is 2. The fraction of sp³-hybridized carbons (Fsp3) is 0.446. The van der Waals surface area contributed by atoms with E-state index in [0.717, 1.165) is 123 Å². The summed E-state index contributed by atoms with van der Waals surface area (Å²) in [5.74, 6) is 2.80. The third kappa shape index (κ3) is 15.3. The van der Waals surface area contributed by atoms with Crippen LogP contribution >= 0.6 is 35.3 Å². The zero-order valence-corrected chi connectivity index (χ0v) is 47.0. The van der Waals surface area contributed by atoms with Gasteiger partial charge in [0.25, 0.3) is 0 Å². The molecular weight excluding hydrogens is 1030 g/mol. The standard InChI is InChI=1S/C56H70N3O9S3.BrH/c1-39(60)64-37-66-52(62)28-31-58-47-20-11-9-18-44(47)55(3,4)50(58)26-22-41-16-13-17-42(54(41)68-43-24-25-46(57-30-14-33-69-7)49(36-43)71-35-15-34-70-8)23-27-51-56(5,6)45-19-10-12-21-48(45)59(51)32-29-53(63)67-38-65-40(2)61;/h9-12,18-27,36,57H,13-17,28-35,37-38H2,1-8H3;1H/q+1;/p-1. The van der Waals surface area contributed by atoms with Gasteiger partial charge in [-0.1, -0.05) is 56.3 Å². The third-order valence-corrected chi connectivity index (χ3v) is 15.3. The lowest BCUT2D eigenvalue weighted by molar-refractivity contribution is -0.436. The van der Waals surface area contributed by atoms with Crippen LogP contribution in [0, 0.1) is 0 Å². The Kier molecular flexibility index (Phi) is 22.5. The number of para-hydroxylation sites is 2. The van der Waals surface area contributed by atoms with Crippen molar-refractivity contribution in [1.29, 1.82) is 0 Å². The first-order valence-corrected chi connectivity index (χ1v) is 28.1. The minimum atomic E-state index is -0.514. The average molecular weight is 1110 g/mol. The van der Waals surface area contributed by atoms with Crippen molar-refractivity contribution in [3.05, 3.63) is 125 Å². The molecule has 2 aliphatic heterocycles. The minimum Gasteiger partial charge on any atom is -1.00 e. The molecule has 0 radical (unpaired) electrons. The number of halogens is 1. The van der Waals surface area contributed by atoms with Gasteiger partial charge in [0.1, 0.15) is 17.9 Å². The summed E-state index contributed by atoms with van der Waals surface area (Å²) in [5.41, 5.74) is 8.85. The van der Waals surface area contributed by atoms with E-state index in [1.54, 1.807) is 0 Å². The summed E-state index contributed by atoms with van der Waals surface area (Å²) in [4.78, 5) is 51.7. The lowest BCUT2D eigenvalue weighted by Crippen LogP contribution is -3.00. The van der Waals surface area contributed by atoms with E-state index in [-0.39, 0.29) is 29.8 Å². The molecule has 0 unspecified atom stereocenters. The van der Waals surface area contributed by atoms with Gasteiger partial charge in [-0.05, 0) is 129 Å². The van der Waals surface area contributed by atoms with Crippen LogP contribution in [0.15, 0.2) is 119 Å². The highest BCUT2D eigenvalue weighted by Crippen LogP contribution is 2.48. The molecule has 0 amide bonds. The molecule has 0 saturated heterocycles. The zero-order chi connectivity index (χ0) is 51.0. The number of nitrogens with one attached hydrogen (secondary N) is 1. The van der Waals surface area contributed by atoms with Crippen LogP contribution in [-0.4, -0.2) is 97.2 Å². The Balaban J connectivity index is 0.00000963. The van der Waals surface area contributed by atoms with E-state index < -0.39 is 48.3 Å². The van der Waals surface area contributed by atoms with Crippen LogP contribution in [0.1, 0.15) is 97.6 Å². The molecule has 0 fully saturated rings. The summed E-state index contributed by atoms with van der Waals surface area (Å²) in [5, 5.41) is 3.70. The van der Waals surface area contributed by atoms with Crippen molar-refractivity contribution >= 4 is 81.9 Å². The maximum absolute atomic E-state index is 12.9. The lowest BCUT2D eigenvalue weighted by atomic mass is 9.81. The molecule has 72 heavy (non-hydrogen) atoms. The molecule has 0 atom stereocenters. The molecule has 1 aliphatic carbocycles. The number of thioether (sulfide) groups is 3. The van der Waals surface area contributed by atoms with Crippen molar-refractivity contribution in [2.75, 3.05) is 73.2 Å². The van der Waals surface area contributed by atoms with Gasteiger partial charge in [-0.15, -0.1) is 11.8 Å². The average Bonchev–Trinajstić information content (AvgIpc) is 3.69. The monoisotopic (exact) mass is 1100 g/mol. The number of hydrogen-bond acceptors (Lipinski definition) is 14. The Bertz CT molecular complexity index is 2570. The first-order chi connectivity index (χ1) is 34.1.